The first-order valence-corrected chi connectivity index (χ1v) is 11.5. The fourth-order valence-corrected chi connectivity index (χ4v) is 4.07. The highest BCUT2D eigenvalue weighted by molar-refractivity contribution is 14.1. The molecule has 172 valence electrons. The minimum Gasteiger partial charge on any atom is -0.495 e. The first-order chi connectivity index (χ1) is 16.5. The second kappa shape index (κ2) is 10.2. The van der Waals surface area contributed by atoms with E-state index in [4.69, 9.17) is 21.7 Å². The zero-order chi connectivity index (χ0) is 24.2. The van der Waals surface area contributed by atoms with Crippen molar-refractivity contribution in [1.82, 2.24) is 9.13 Å². The Morgan fingerprint density at radius 3 is 2.15 bits per heavy atom. The van der Waals surface area contributed by atoms with Crippen LogP contribution >= 0.6 is 34.8 Å². The fraction of sp³-hybridized carbons (Fsp3) is 0.0833. The van der Waals surface area contributed by atoms with Crippen LogP contribution in [0.25, 0.3) is 11.4 Å². The minimum atomic E-state index is -0.617. The molecule has 0 saturated heterocycles. The van der Waals surface area contributed by atoms with Gasteiger partial charge in [-0.1, -0.05) is 24.3 Å². The topological polar surface area (TPSA) is 90.3 Å². The molecule has 34 heavy (non-hydrogen) atoms. The molecule has 8 nitrogen and oxygen atoms in total. The van der Waals surface area contributed by atoms with Crippen molar-refractivity contribution >= 4 is 46.2 Å². The summed E-state index contributed by atoms with van der Waals surface area (Å²) >= 11 is 7.84. The number of hydrogen-bond acceptors (Lipinski definition) is 7. The third-order valence-electron chi connectivity index (χ3n) is 4.97. The summed E-state index contributed by atoms with van der Waals surface area (Å²) in [7, 11) is 3.02. The van der Waals surface area contributed by atoms with Crippen LogP contribution in [-0.4, -0.2) is 28.5 Å². The van der Waals surface area contributed by atoms with Crippen molar-refractivity contribution < 1.29 is 14.6 Å². The Balaban J connectivity index is 2.04. The maximum absolute atomic E-state index is 13.5. The van der Waals surface area contributed by atoms with Gasteiger partial charge in [0.05, 0.1) is 25.6 Å². The van der Waals surface area contributed by atoms with Gasteiger partial charge in [0.15, 0.2) is 4.77 Å². The quantitative estimate of drug-likeness (QED) is 0.168. The van der Waals surface area contributed by atoms with E-state index in [0.29, 0.717) is 28.6 Å². The number of benzene rings is 3. The Kier molecular flexibility index (Phi) is 7.08. The summed E-state index contributed by atoms with van der Waals surface area (Å²) < 4.78 is 14.4. The van der Waals surface area contributed by atoms with Gasteiger partial charge in [0, 0.05) is 3.57 Å². The summed E-state index contributed by atoms with van der Waals surface area (Å²) in [5.41, 5.74) is 0.460. The second-order valence-corrected chi connectivity index (χ2v) is 8.56. The zero-order valence-electron chi connectivity index (χ0n) is 18.2. The molecular formula is C24H19IN4O4S. The van der Waals surface area contributed by atoms with E-state index in [2.05, 4.69) is 32.8 Å². The molecule has 0 radical (unpaired) electrons. The van der Waals surface area contributed by atoms with E-state index < -0.39 is 11.4 Å². The van der Waals surface area contributed by atoms with E-state index in [-0.39, 0.29) is 10.5 Å². The molecule has 1 heterocycles. The van der Waals surface area contributed by atoms with Crippen LogP contribution in [0.15, 0.2) is 87.8 Å². The smallest absolute Gasteiger partial charge is 0.290 e. The Morgan fingerprint density at radius 1 is 0.853 bits per heavy atom. The van der Waals surface area contributed by atoms with Gasteiger partial charge in [-0.25, -0.2) is 0 Å². The summed E-state index contributed by atoms with van der Waals surface area (Å²) in [6, 6.07) is 21.2. The van der Waals surface area contributed by atoms with Gasteiger partial charge in [0.2, 0.25) is 11.6 Å². The number of nitrogens with zero attached hydrogens (tertiary/aromatic N) is 4. The lowest BCUT2D eigenvalue weighted by molar-refractivity contribution is 0.402. The number of methoxy groups -OCH3 is 2. The third-order valence-corrected chi connectivity index (χ3v) is 6.05. The molecule has 10 heteroatoms. The summed E-state index contributed by atoms with van der Waals surface area (Å²) in [6.45, 7) is 0. The number of aromatic nitrogens is 2. The van der Waals surface area contributed by atoms with Crippen molar-refractivity contribution in [3.8, 4) is 28.8 Å². The number of ether oxygens (including phenoxy) is 2. The van der Waals surface area contributed by atoms with Crippen molar-refractivity contribution in [2.24, 2.45) is 10.2 Å². The lowest BCUT2D eigenvalue weighted by Gasteiger charge is -2.17. The molecule has 0 unspecified atom stereocenters. The second-order valence-electron chi connectivity index (χ2n) is 6.95. The number of hydrogen-bond donors (Lipinski definition) is 1. The lowest BCUT2D eigenvalue weighted by Crippen LogP contribution is -2.23. The van der Waals surface area contributed by atoms with Crippen LogP contribution in [0.5, 0.6) is 17.4 Å². The van der Waals surface area contributed by atoms with Crippen LogP contribution in [0, 0.1) is 8.34 Å². The molecule has 0 fully saturated rings. The van der Waals surface area contributed by atoms with Gasteiger partial charge in [-0.3, -0.25) is 13.9 Å². The molecule has 0 saturated carbocycles. The van der Waals surface area contributed by atoms with Crippen LogP contribution in [0.3, 0.4) is 0 Å². The van der Waals surface area contributed by atoms with E-state index in [9.17, 15) is 9.90 Å². The number of azo groups is 1. The summed E-state index contributed by atoms with van der Waals surface area (Å²) in [4.78, 5) is 13.5. The van der Waals surface area contributed by atoms with Gasteiger partial charge in [0.1, 0.15) is 17.2 Å². The standard InChI is InChI=1S/C24H19IN4O4S/c1-32-19-9-5-3-7-17(19)26-27-21-22(30)28(16-13-11-15(25)12-14-16)24(34)29(23(21)31)18-8-4-6-10-20(18)33-2/h3-14,31H,1-2H3. The molecule has 4 rings (SSSR count). The van der Waals surface area contributed by atoms with Crippen LogP contribution in [0.4, 0.5) is 11.4 Å². The highest BCUT2D eigenvalue weighted by Gasteiger charge is 2.21. The predicted molar refractivity (Wildman–Crippen MR) is 140 cm³/mol. The molecule has 0 aliphatic heterocycles. The lowest BCUT2D eigenvalue weighted by atomic mass is 10.2. The molecular weight excluding hydrogens is 567 g/mol. The molecule has 0 aliphatic rings. The molecule has 0 amide bonds. The van der Waals surface area contributed by atoms with Crippen LogP contribution in [0.2, 0.25) is 0 Å². The Hall–Kier alpha value is -3.51. The molecule has 0 bridgehead atoms. The largest absolute Gasteiger partial charge is 0.495 e. The Labute approximate surface area is 213 Å². The molecule has 4 aromatic rings. The minimum absolute atomic E-state index is 0.0458. The molecule has 0 atom stereocenters. The van der Waals surface area contributed by atoms with Crippen LogP contribution in [0.1, 0.15) is 0 Å². The first kappa shape index (κ1) is 23.6. The number of rotatable bonds is 6. The van der Waals surface area contributed by atoms with E-state index in [0.717, 1.165) is 3.57 Å². The van der Waals surface area contributed by atoms with Gasteiger partial charge in [-0.2, -0.15) is 0 Å². The number of para-hydroxylation sites is 3. The van der Waals surface area contributed by atoms with Crippen molar-refractivity contribution in [2.45, 2.75) is 0 Å². The highest BCUT2D eigenvalue weighted by Crippen LogP contribution is 2.34. The zero-order valence-corrected chi connectivity index (χ0v) is 21.1. The molecule has 0 aliphatic carbocycles. The molecule has 0 spiro atoms. The molecule has 1 N–H and O–H groups in total. The van der Waals surface area contributed by atoms with Gasteiger partial charge in [-0.05, 0) is 83.3 Å². The van der Waals surface area contributed by atoms with Gasteiger partial charge < -0.3 is 14.6 Å². The van der Waals surface area contributed by atoms with E-state index in [1.165, 1.54) is 23.4 Å². The van der Waals surface area contributed by atoms with Crippen molar-refractivity contribution in [3.63, 3.8) is 0 Å². The van der Waals surface area contributed by atoms with Gasteiger partial charge >= 0.3 is 0 Å². The van der Waals surface area contributed by atoms with Crippen molar-refractivity contribution in [3.05, 3.63) is 91.5 Å². The van der Waals surface area contributed by atoms with Crippen LogP contribution < -0.4 is 15.0 Å². The van der Waals surface area contributed by atoms with Gasteiger partial charge in [0.25, 0.3) is 5.56 Å². The number of halogens is 1. The predicted octanol–water partition coefficient (Wildman–Crippen LogP) is 6.10. The third kappa shape index (κ3) is 4.46. The summed E-state index contributed by atoms with van der Waals surface area (Å²) in [5.74, 6) is 0.468. The Bertz CT molecular complexity index is 1500. The fourth-order valence-electron chi connectivity index (χ4n) is 3.34. The van der Waals surface area contributed by atoms with Crippen LogP contribution in [-0.2, 0) is 0 Å². The normalized spacial score (nSPS) is 11.0. The van der Waals surface area contributed by atoms with Crippen molar-refractivity contribution in [1.29, 1.82) is 0 Å². The molecule has 3 aromatic carbocycles. The Morgan fingerprint density at radius 2 is 1.47 bits per heavy atom. The monoisotopic (exact) mass is 586 g/mol. The van der Waals surface area contributed by atoms with E-state index in [1.54, 1.807) is 60.7 Å². The molecule has 1 aromatic heterocycles. The SMILES string of the molecule is COc1ccccc1N=Nc1c(O)n(-c2ccccc2OC)c(=S)n(-c2ccc(I)cc2)c1=O. The summed E-state index contributed by atoms with van der Waals surface area (Å²) in [5, 5.41) is 19.5. The van der Waals surface area contributed by atoms with Gasteiger partial charge in [-0.15, -0.1) is 10.2 Å². The van der Waals surface area contributed by atoms with E-state index in [1.807, 2.05) is 12.1 Å². The van der Waals surface area contributed by atoms with Crippen molar-refractivity contribution in [2.75, 3.05) is 14.2 Å². The highest BCUT2D eigenvalue weighted by atomic mass is 127. The summed E-state index contributed by atoms with van der Waals surface area (Å²) in [6.07, 6.45) is 0. The average molecular weight is 586 g/mol. The van der Waals surface area contributed by atoms with E-state index >= 15 is 0 Å². The first-order valence-electron chi connectivity index (χ1n) is 10.0. The maximum Gasteiger partial charge on any atom is 0.290 e. The maximum atomic E-state index is 13.5. The number of aromatic hydroxyl groups is 1. The average Bonchev–Trinajstić information content (AvgIpc) is 2.85.